The lowest BCUT2D eigenvalue weighted by Crippen LogP contribution is -2.59. The highest BCUT2D eigenvalue weighted by atomic mass is 127. The van der Waals surface area contributed by atoms with E-state index in [-0.39, 0.29) is 11.8 Å². The molecule has 0 aromatic heterocycles. The number of ether oxygens (including phenoxy) is 1. The summed E-state index contributed by atoms with van der Waals surface area (Å²) in [5.41, 5.74) is 0.109. The van der Waals surface area contributed by atoms with Gasteiger partial charge in [-0.05, 0) is 60.2 Å². The molecule has 23 heavy (non-hydrogen) atoms. The van der Waals surface area contributed by atoms with Gasteiger partial charge in [-0.15, -0.1) is 0 Å². The SMILES string of the molecule is CN1C[C@H]2CCC[C@@H](C1)C2(OCC(F)(F)F)c1cccc(I)c1. The zero-order chi connectivity index (χ0) is 16.7. The number of hydrogen-bond donors (Lipinski definition) is 0. The van der Waals surface area contributed by atoms with Gasteiger partial charge < -0.3 is 9.64 Å². The van der Waals surface area contributed by atoms with Crippen LogP contribution in [0.5, 0.6) is 0 Å². The van der Waals surface area contributed by atoms with Gasteiger partial charge in [-0.25, -0.2) is 0 Å². The quantitative estimate of drug-likeness (QED) is 0.647. The van der Waals surface area contributed by atoms with Crippen LogP contribution < -0.4 is 0 Å². The second-order valence-electron chi connectivity index (χ2n) is 6.75. The number of hydrogen-bond acceptors (Lipinski definition) is 2. The van der Waals surface area contributed by atoms with Crippen LogP contribution in [0.2, 0.25) is 0 Å². The summed E-state index contributed by atoms with van der Waals surface area (Å²) in [6, 6.07) is 7.82. The number of fused-ring (bicyclic) bond motifs is 2. The highest BCUT2D eigenvalue weighted by Gasteiger charge is 2.54. The number of halogens is 4. The maximum Gasteiger partial charge on any atom is 0.411 e. The predicted molar refractivity (Wildman–Crippen MR) is 91.2 cm³/mol. The van der Waals surface area contributed by atoms with Gasteiger partial charge in [0.1, 0.15) is 12.2 Å². The van der Waals surface area contributed by atoms with Crippen molar-refractivity contribution in [2.24, 2.45) is 11.8 Å². The average molecular weight is 439 g/mol. The van der Waals surface area contributed by atoms with Crippen molar-refractivity contribution >= 4 is 22.6 Å². The summed E-state index contributed by atoms with van der Waals surface area (Å²) >= 11 is 2.21. The van der Waals surface area contributed by atoms with Crippen LogP contribution in [0, 0.1) is 15.4 Å². The molecule has 3 rings (SSSR count). The van der Waals surface area contributed by atoms with Gasteiger partial charge in [0, 0.05) is 28.5 Å². The minimum atomic E-state index is -4.30. The van der Waals surface area contributed by atoms with E-state index in [0.717, 1.165) is 41.5 Å². The van der Waals surface area contributed by atoms with E-state index in [4.69, 9.17) is 4.74 Å². The fourth-order valence-corrected chi connectivity index (χ4v) is 4.92. The molecule has 1 aromatic rings. The van der Waals surface area contributed by atoms with Gasteiger partial charge in [0.15, 0.2) is 0 Å². The number of rotatable bonds is 3. The summed E-state index contributed by atoms with van der Waals surface area (Å²) in [7, 11) is 2.05. The summed E-state index contributed by atoms with van der Waals surface area (Å²) in [6.07, 6.45) is -1.38. The normalized spacial score (nSPS) is 32.0. The zero-order valence-electron chi connectivity index (χ0n) is 13.1. The van der Waals surface area contributed by atoms with Gasteiger partial charge in [-0.3, -0.25) is 0 Å². The van der Waals surface area contributed by atoms with E-state index >= 15 is 0 Å². The van der Waals surface area contributed by atoms with Crippen LogP contribution in [0.1, 0.15) is 24.8 Å². The van der Waals surface area contributed by atoms with Crippen LogP contribution in [0.25, 0.3) is 0 Å². The van der Waals surface area contributed by atoms with E-state index in [0.29, 0.717) is 0 Å². The van der Waals surface area contributed by atoms with Crippen molar-refractivity contribution < 1.29 is 17.9 Å². The molecule has 2 fully saturated rings. The maximum absolute atomic E-state index is 12.9. The fourth-order valence-electron chi connectivity index (χ4n) is 4.38. The standard InChI is InChI=1S/C17H21F3INO/c1-22-9-13-5-2-6-14(10-22)17(13,23-11-16(18,19)20)12-4-3-7-15(21)8-12/h3-4,7-8,13-14H,2,5-6,9-11H2,1H3/t13-,14+,17?. The highest BCUT2D eigenvalue weighted by molar-refractivity contribution is 14.1. The van der Waals surface area contributed by atoms with Crippen LogP contribution in [-0.2, 0) is 10.3 Å². The number of benzene rings is 1. The summed E-state index contributed by atoms with van der Waals surface area (Å²) in [5.74, 6) is 0.223. The smallest absolute Gasteiger partial charge is 0.360 e. The van der Waals surface area contributed by atoms with Crippen LogP contribution in [0.15, 0.2) is 24.3 Å². The Morgan fingerprint density at radius 1 is 1.26 bits per heavy atom. The molecule has 2 bridgehead atoms. The first-order valence-electron chi connectivity index (χ1n) is 7.96. The lowest BCUT2D eigenvalue weighted by atomic mass is 9.62. The molecule has 1 unspecified atom stereocenters. The first-order valence-corrected chi connectivity index (χ1v) is 9.04. The average Bonchev–Trinajstić information content (AvgIpc) is 2.44. The number of nitrogens with zero attached hydrogens (tertiary/aromatic N) is 1. The van der Waals surface area contributed by atoms with E-state index in [9.17, 15) is 13.2 Å². The molecule has 128 valence electrons. The Bertz CT molecular complexity index is 549. The Kier molecular flexibility index (Phi) is 4.95. The van der Waals surface area contributed by atoms with Crippen LogP contribution in [0.3, 0.4) is 0 Å². The Morgan fingerprint density at radius 3 is 2.48 bits per heavy atom. The molecule has 1 heterocycles. The van der Waals surface area contributed by atoms with Crippen molar-refractivity contribution in [2.45, 2.75) is 31.0 Å². The first-order chi connectivity index (χ1) is 10.8. The second-order valence-corrected chi connectivity index (χ2v) is 8.00. The van der Waals surface area contributed by atoms with Gasteiger partial charge in [-0.2, -0.15) is 13.2 Å². The summed E-state index contributed by atoms with van der Waals surface area (Å²) in [5, 5.41) is 0. The highest BCUT2D eigenvalue weighted by Crippen LogP contribution is 2.52. The predicted octanol–water partition coefficient (Wildman–Crippen LogP) is 4.43. The first kappa shape index (κ1) is 17.5. The Morgan fingerprint density at radius 2 is 1.91 bits per heavy atom. The molecule has 0 spiro atoms. The number of likely N-dealkylation sites (tertiary alicyclic amines) is 1. The molecule has 2 aliphatic rings. The molecule has 1 saturated carbocycles. The van der Waals surface area contributed by atoms with E-state index in [2.05, 4.69) is 27.5 Å². The molecule has 0 radical (unpaired) electrons. The Labute approximate surface area is 148 Å². The molecule has 1 aliphatic heterocycles. The number of piperidine rings is 1. The molecule has 0 N–H and O–H groups in total. The van der Waals surface area contributed by atoms with Gasteiger partial charge in [0.2, 0.25) is 0 Å². The number of alkyl halides is 3. The molecule has 1 saturated heterocycles. The van der Waals surface area contributed by atoms with Crippen molar-refractivity contribution in [1.82, 2.24) is 4.90 Å². The maximum atomic E-state index is 12.9. The Hall–Kier alpha value is -0.340. The monoisotopic (exact) mass is 439 g/mol. The Balaban J connectivity index is 2.03. The van der Waals surface area contributed by atoms with Crippen molar-refractivity contribution in [3.05, 3.63) is 33.4 Å². The van der Waals surface area contributed by atoms with Crippen molar-refractivity contribution in [1.29, 1.82) is 0 Å². The molecule has 1 aliphatic carbocycles. The lowest BCUT2D eigenvalue weighted by molar-refractivity contribution is -0.251. The summed E-state index contributed by atoms with van der Waals surface area (Å²) in [6.45, 7) is 0.412. The largest absolute Gasteiger partial charge is 0.411 e. The minimum absolute atomic E-state index is 0.112. The molecule has 0 amide bonds. The van der Waals surface area contributed by atoms with E-state index in [1.807, 2.05) is 31.3 Å². The van der Waals surface area contributed by atoms with Crippen molar-refractivity contribution in [2.75, 3.05) is 26.7 Å². The van der Waals surface area contributed by atoms with Gasteiger partial charge in [0.05, 0.1) is 0 Å². The molecular formula is C17H21F3INO. The fraction of sp³-hybridized carbons (Fsp3) is 0.647. The van der Waals surface area contributed by atoms with Gasteiger partial charge in [-0.1, -0.05) is 18.6 Å². The third-order valence-electron chi connectivity index (χ3n) is 5.13. The zero-order valence-corrected chi connectivity index (χ0v) is 15.2. The van der Waals surface area contributed by atoms with Crippen LogP contribution in [0.4, 0.5) is 13.2 Å². The van der Waals surface area contributed by atoms with E-state index in [1.54, 1.807) is 0 Å². The van der Waals surface area contributed by atoms with Crippen LogP contribution in [-0.4, -0.2) is 37.8 Å². The topological polar surface area (TPSA) is 12.5 Å². The van der Waals surface area contributed by atoms with Gasteiger partial charge in [0.25, 0.3) is 0 Å². The van der Waals surface area contributed by atoms with Crippen LogP contribution >= 0.6 is 22.6 Å². The molecule has 3 atom stereocenters. The molecule has 2 nitrogen and oxygen atoms in total. The van der Waals surface area contributed by atoms with E-state index < -0.39 is 18.4 Å². The van der Waals surface area contributed by atoms with Gasteiger partial charge >= 0.3 is 6.18 Å². The summed E-state index contributed by atoms with van der Waals surface area (Å²) < 4.78 is 45.4. The third kappa shape index (κ3) is 3.54. The van der Waals surface area contributed by atoms with E-state index in [1.165, 1.54) is 0 Å². The minimum Gasteiger partial charge on any atom is -0.360 e. The van der Waals surface area contributed by atoms with Crippen molar-refractivity contribution in [3.8, 4) is 0 Å². The second kappa shape index (κ2) is 6.52. The van der Waals surface area contributed by atoms with Crippen molar-refractivity contribution in [3.63, 3.8) is 0 Å². The molecular weight excluding hydrogens is 418 g/mol. The third-order valence-corrected chi connectivity index (χ3v) is 5.80. The lowest BCUT2D eigenvalue weighted by Gasteiger charge is -2.55. The summed E-state index contributed by atoms with van der Waals surface area (Å²) in [4.78, 5) is 2.23. The molecule has 1 aromatic carbocycles. The molecule has 6 heteroatoms.